The minimum absolute atomic E-state index is 0.0880. The van der Waals surface area contributed by atoms with E-state index in [1.807, 2.05) is 192 Å². The number of benzene rings is 7. The van der Waals surface area contributed by atoms with Crippen LogP contribution >= 0.6 is 11.8 Å². The summed E-state index contributed by atoms with van der Waals surface area (Å²) in [5.74, 6) is 3.83. The van der Waals surface area contributed by atoms with Gasteiger partial charge in [-0.25, -0.2) is 4.79 Å². The van der Waals surface area contributed by atoms with Crippen LogP contribution in [0.4, 0.5) is 0 Å². The fourth-order valence-electron chi connectivity index (χ4n) is 5.78. The van der Waals surface area contributed by atoms with Gasteiger partial charge in [0.1, 0.15) is 35.4 Å². The second-order valence-electron chi connectivity index (χ2n) is 15.9. The highest BCUT2D eigenvalue weighted by Crippen LogP contribution is 2.44. The Morgan fingerprint density at radius 2 is 0.699 bits per heavy atom. The smallest absolute Gasteiger partial charge is 0.338 e. The van der Waals surface area contributed by atoms with Crippen LogP contribution in [0.25, 0.3) is 0 Å². The lowest BCUT2D eigenvalue weighted by Gasteiger charge is -2.29. The molecule has 6 nitrogen and oxygen atoms in total. The highest BCUT2D eigenvalue weighted by Gasteiger charge is 2.27. The second kappa shape index (κ2) is 43.3. The van der Waals surface area contributed by atoms with Crippen LogP contribution in [0.2, 0.25) is 0 Å². The third-order valence-corrected chi connectivity index (χ3v) is 9.90. The molecule has 0 amide bonds. The summed E-state index contributed by atoms with van der Waals surface area (Å²) in [6, 6.07) is 63.2. The van der Waals surface area contributed by atoms with Crippen LogP contribution in [0.1, 0.15) is 146 Å². The maximum atomic E-state index is 11.6. The number of rotatable bonds is 13. The van der Waals surface area contributed by atoms with Gasteiger partial charge in [0.25, 0.3) is 0 Å². The van der Waals surface area contributed by atoms with Gasteiger partial charge >= 0.3 is 5.97 Å². The monoisotopic (exact) mass is 1010 g/mol. The summed E-state index contributed by atoms with van der Waals surface area (Å²) in [4.78, 5) is 14.2. The zero-order valence-electron chi connectivity index (χ0n) is 48.0. The Labute approximate surface area is 448 Å². The summed E-state index contributed by atoms with van der Waals surface area (Å²) in [6.07, 6.45) is 0. The van der Waals surface area contributed by atoms with E-state index in [4.69, 9.17) is 23.7 Å². The van der Waals surface area contributed by atoms with Crippen LogP contribution in [-0.2, 0) is 20.3 Å². The summed E-state index contributed by atoms with van der Waals surface area (Å²) in [7, 11) is 0. The van der Waals surface area contributed by atoms with Gasteiger partial charge in [0.2, 0.25) is 0 Å². The van der Waals surface area contributed by atoms with Gasteiger partial charge in [-0.3, -0.25) is 0 Å². The van der Waals surface area contributed by atoms with Crippen molar-refractivity contribution in [3.63, 3.8) is 0 Å². The first-order valence-electron chi connectivity index (χ1n) is 26.4. The molecule has 7 rings (SSSR count). The maximum Gasteiger partial charge on any atom is 0.338 e. The number of esters is 1. The Morgan fingerprint density at radius 3 is 1.03 bits per heavy atom. The van der Waals surface area contributed by atoms with Crippen LogP contribution in [0.5, 0.6) is 28.7 Å². The molecule has 73 heavy (non-hydrogen) atoms. The van der Waals surface area contributed by atoms with Crippen LogP contribution in [0.3, 0.4) is 0 Å². The molecule has 7 heteroatoms. The van der Waals surface area contributed by atoms with E-state index in [1.54, 1.807) is 36.0 Å². The number of hydrogen-bond acceptors (Lipinski definition) is 7. The van der Waals surface area contributed by atoms with E-state index in [1.165, 1.54) is 9.79 Å². The topological polar surface area (TPSA) is 63.2 Å². The zero-order chi connectivity index (χ0) is 55.3. The van der Waals surface area contributed by atoms with E-state index in [2.05, 4.69) is 102 Å². The third kappa shape index (κ3) is 29.7. The Balaban J connectivity index is 0. The van der Waals surface area contributed by atoms with E-state index >= 15 is 0 Å². The molecule has 0 spiro atoms. The van der Waals surface area contributed by atoms with Gasteiger partial charge in [-0.15, -0.1) is 0 Å². The summed E-state index contributed by atoms with van der Waals surface area (Å²) in [5.41, 5.74) is 2.60. The summed E-state index contributed by atoms with van der Waals surface area (Å²) in [5, 5.41) is 0. The zero-order valence-corrected chi connectivity index (χ0v) is 48.8. The predicted octanol–water partition coefficient (Wildman–Crippen LogP) is 20.8. The highest BCUT2D eigenvalue weighted by atomic mass is 32.2. The van der Waals surface area contributed by atoms with E-state index in [9.17, 15) is 4.79 Å². The fraction of sp³-hybridized carbons (Fsp3) is 0.348. The van der Waals surface area contributed by atoms with Crippen molar-refractivity contribution in [3.8, 4) is 28.7 Å². The molecule has 0 atom stereocenters. The van der Waals surface area contributed by atoms with Crippen molar-refractivity contribution in [2.75, 3.05) is 20.0 Å². The first-order chi connectivity index (χ1) is 35.5. The largest absolute Gasteiger partial charge is 0.468 e. The Kier molecular flexibility index (Phi) is 40.8. The van der Waals surface area contributed by atoms with Gasteiger partial charge < -0.3 is 23.7 Å². The SMILES string of the molecule is CC.CC.CC.CC.CC.CC.CC(C)(C)c1cc(Oc2ccccc2)c(C(C)(C)C)cc1Oc1ccccc1.O=C(OCCOCOc1ccccc1)c1ccccc1.c1ccc(Sc2ccccc2)cc1. The molecular formula is C66H92O6S. The first kappa shape index (κ1) is 68.8. The Morgan fingerprint density at radius 1 is 0.397 bits per heavy atom. The van der Waals surface area contributed by atoms with Crippen LogP contribution < -0.4 is 14.2 Å². The average Bonchev–Trinajstić information content (AvgIpc) is 3.44. The summed E-state index contributed by atoms with van der Waals surface area (Å²) in [6.45, 7) is 37.8. The molecule has 0 aliphatic carbocycles. The molecular weight excluding hydrogens is 921 g/mol. The van der Waals surface area contributed by atoms with Crippen molar-refractivity contribution in [1.82, 2.24) is 0 Å². The van der Waals surface area contributed by atoms with Crippen molar-refractivity contribution in [2.45, 2.75) is 145 Å². The van der Waals surface area contributed by atoms with Crippen LogP contribution in [0, 0.1) is 0 Å². The maximum absolute atomic E-state index is 11.6. The van der Waals surface area contributed by atoms with Crippen molar-refractivity contribution in [3.05, 3.63) is 211 Å². The lowest BCUT2D eigenvalue weighted by Crippen LogP contribution is -2.17. The van der Waals surface area contributed by atoms with E-state index in [0.717, 1.165) is 39.9 Å². The molecule has 0 unspecified atom stereocenters. The molecule has 398 valence electrons. The molecule has 0 bridgehead atoms. The van der Waals surface area contributed by atoms with Gasteiger partial charge in [-0.05, 0) is 95.8 Å². The Bertz CT molecular complexity index is 2180. The van der Waals surface area contributed by atoms with Gasteiger partial charge in [0, 0.05) is 20.9 Å². The third-order valence-electron chi connectivity index (χ3n) is 8.88. The summed E-state index contributed by atoms with van der Waals surface area (Å²) >= 11 is 1.79. The number of carbonyl (C=O) groups is 1. The van der Waals surface area contributed by atoms with E-state index in [0.29, 0.717) is 12.2 Å². The quantitative estimate of drug-likeness (QED) is 0.0648. The van der Waals surface area contributed by atoms with Crippen LogP contribution in [-0.4, -0.2) is 26.0 Å². The van der Waals surface area contributed by atoms with Gasteiger partial charge in [-0.1, -0.05) is 246 Å². The number of carbonyl (C=O) groups excluding carboxylic acids is 1. The normalized spacial score (nSPS) is 9.56. The standard InChI is InChI=1S/C26H30O2.C16H16O4.C12H10S.6C2H6/c1-25(2,3)21-17-24(28-20-15-11-8-12-16-20)22(26(4,5)6)18-23(21)27-19-13-9-7-10-14-19;17-16(14-7-3-1-4-8-14)19-12-11-18-13-20-15-9-5-2-6-10-15;1-3-7-11(8-4-1)13-12-9-5-2-6-10-12;6*1-2/h7-18H,1-6H3;1-10H,11-13H2;1-10H;6*1-2H3. The summed E-state index contributed by atoms with van der Waals surface area (Å²) < 4.78 is 28.3. The average molecular weight is 1010 g/mol. The molecule has 7 aromatic carbocycles. The highest BCUT2D eigenvalue weighted by molar-refractivity contribution is 7.99. The predicted molar refractivity (Wildman–Crippen MR) is 317 cm³/mol. The minimum Gasteiger partial charge on any atom is -0.468 e. The van der Waals surface area contributed by atoms with Crippen molar-refractivity contribution in [1.29, 1.82) is 0 Å². The molecule has 7 aromatic rings. The van der Waals surface area contributed by atoms with E-state index < -0.39 is 0 Å². The number of ether oxygens (including phenoxy) is 5. The fourth-order valence-corrected chi connectivity index (χ4v) is 6.64. The molecule has 0 N–H and O–H groups in total. The van der Waals surface area contributed by atoms with Gasteiger partial charge in [-0.2, -0.15) is 0 Å². The molecule has 0 aliphatic heterocycles. The molecule has 0 radical (unpaired) electrons. The molecule has 0 aromatic heterocycles. The Hall–Kier alpha value is -6.28. The van der Waals surface area contributed by atoms with Gasteiger partial charge in [0.05, 0.1) is 12.2 Å². The molecule has 0 fully saturated rings. The van der Waals surface area contributed by atoms with Crippen molar-refractivity contribution < 1.29 is 28.5 Å². The molecule has 0 aliphatic rings. The van der Waals surface area contributed by atoms with Crippen molar-refractivity contribution >= 4 is 17.7 Å². The lowest BCUT2D eigenvalue weighted by molar-refractivity contribution is -0.0116. The number of hydrogen-bond donors (Lipinski definition) is 0. The van der Waals surface area contributed by atoms with Crippen molar-refractivity contribution in [2.24, 2.45) is 0 Å². The minimum atomic E-state index is -0.349. The van der Waals surface area contributed by atoms with Crippen LogP contribution in [0.15, 0.2) is 204 Å². The lowest BCUT2D eigenvalue weighted by atomic mass is 9.81. The second-order valence-corrected chi connectivity index (χ2v) is 17.0. The first-order valence-corrected chi connectivity index (χ1v) is 27.2. The molecule has 0 heterocycles. The molecule has 0 saturated heterocycles. The number of para-hydroxylation sites is 3. The molecule has 0 saturated carbocycles. The van der Waals surface area contributed by atoms with Gasteiger partial charge in [0.15, 0.2) is 6.79 Å². The van der Waals surface area contributed by atoms with E-state index in [-0.39, 0.29) is 30.2 Å².